The summed E-state index contributed by atoms with van der Waals surface area (Å²) in [6.45, 7) is 3.45. The van der Waals surface area contributed by atoms with E-state index in [0.29, 0.717) is 15.8 Å². The first-order valence-electron chi connectivity index (χ1n) is 8.26. The van der Waals surface area contributed by atoms with Crippen LogP contribution in [0.3, 0.4) is 0 Å². The van der Waals surface area contributed by atoms with E-state index in [1.54, 1.807) is 30.3 Å². The van der Waals surface area contributed by atoms with E-state index >= 15 is 0 Å². The smallest absolute Gasteiger partial charge is 0.344 e. The van der Waals surface area contributed by atoms with Crippen molar-refractivity contribution in [3.63, 3.8) is 0 Å². The molecule has 0 spiro atoms. The van der Waals surface area contributed by atoms with Gasteiger partial charge in [-0.1, -0.05) is 24.3 Å². The molecule has 0 radical (unpaired) electrons. The predicted molar refractivity (Wildman–Crippen MR) is 106 cm³/mol. The van der Waals surface area contributed by atoms with E-state index in [2.05, 4.69) is 10.3 Å². The molecule has 0 aliphatic carbocycles. The van der Waals surface area contributed by atoms with Crippen molar-refractivity contribution < 1.29 is 19.4 Å². The van der Waals surface area contributed by atoms with Crippen molar-refractivity contribution >= 4 is 40.6 Å². The van der Waals surface area contributed by atoms with Crippen molar-refractivity contribution in [3.05, 3.63) is 64.6 Å². The molecule has 0 saturated carbocycles. The highest BCUT2D eigenvalue weighted by Gasteiger charge is 2.23. The maximum atomic E-state index is 12.2. The number of hydrogen-bond acceptors (Lipinski definition) is 5. The van der Waals surface area contributed by atoms with E-state index in [4.69, 9.17) is 9.84 Å². The number of carbonyl (C=O) groups excluding carboxylic acids is 1. The van der Waals surface area contributed by atoms with Gasteiger partial charge in [0.05, 0.1) is 10.6 Å². The molecule has 1 unspecified atom stereocenters. The number of nitrogens with one attached hydrogen (secondary N) is 1. The molecule has 1 heterocycles. The van der Waals surface area contributed by atoms with Crippen LogP contribution >= 0.6 is 11.8 Å². The number of ether oxygens (including phenoxy) is 1. The zero-order valence-corrected chi connectivity index (χ0v) is 15.6. The number of carboxylic acids is 1. The molecule has 2 aromatic carbocycles. The first-order valence-corrected chi connectivity index (χ1v) is 9.08. The average Bonchev–Trinajstić information content (AvgIpc) is 2.95. The van der Waals surface area contributed by atoms with Gasteiger partial charge in [0.1, 0.15) is 5.75 Å². The molecule has 1 fully saturated rings. The summed E-state index contributed by atoms with van der Waals surface area (Å²) in [6.07, 6.45) is 0.828. The lowest BCUT2D eigenvalue weighted by atomic mass is 10.2. The minimum Gasteiger partial charge on any atom is -0.479 e. The van der Waals surface area contributed by atoms with Crippen LogP contribution in [0.4, 0.5) is 5.69 Å². The third kappa shape index (κ3) is 4.98. The van der Waals surface area contributed by atoms with Gasteiger partial charge in [-0.3, -0.25) is 4.79 Å². The molecule has 2 N–H and O–H groups in total. The number of benzene rings is 2. The fraction of sp³-hybridized carbons (Fsp3) is 0.150. The molecular weight excluding hydrogens is 364 g/mol. The number of carboxylic acid groups (broad SMARTS) is 1. The van der Waals surface area contributed by atoms with Crippen LogP contribution in [0.2, 0.25) is 0 Å². The average molecular weight is 382 g/mol. The standard InChI is InChI=1S/C20H18N2O4S/c1-12-4-3-5-15(10-12)21-20-22-18(23)17(27-20)11-14-6-8-16(9-7-14)26-13(2)19(24)25/h3-11,13H,1-2H3,(H,24,25)(H,21,22,23)/b17-11+. The van der Waals surface area contributed by atoms with Gasteiger partial charge >= 0.3 is 5.97 Å². The van der Waals surface area contributed by atoms with Crippen LogP contribution in [0.15, 0.2) is 58.4 Å². The SMILES string of the molecule is Cc1cccc(N=C2NC(=O)/C(=C\c3ccc(OC(C)C(=O)O)cc3)S2)c1. The molecule has 6 nitrogen and oxygen atoms in total. The summed E-state index contributed by atoms with van der Waals surface area (Å²) in [5, 5.41) is 12.2. The second-order valence-corrected chi connectivity index (χ2v) is 7.02. The van der Waals surface area contributed by atoms with Gasteiger partial charge in [-0.05, 0) is 67.1 Å². The molecule has 27 heavy (non-hydrogen) atoms. The number of carbonyl (C=O) groups is 2. The maximum Gasteiger partial charge on any atom is 0.344 e. The van der Waals surface area contributed by atoms with Gasteiger partial charge in [-0.25, -0.2) is 9.79 Å². The first-order chi connectivity index (χ1) is 12.9. The summed E-state index contributed by atoms with van der Waals surface area (Å²) in [5.74, 6) is -0.774. The van der Waals surface area contributed by atoms with Gasteiger partial charge in [0, 0.05) is 0 Å². The van der Waals surface area contributed by atoms with Gasteiger partial charge < -0.3 is 15.2 Å². The normalized spacial score (nSPS) is 17.8. The Kier molecular flexibility index (Phi) is 5.61. The second-order valence-electron chi connectivity index (χ2n) is 5.99. The van der Waals surface area contributed by atoms with E-state index in [1.807, 2.05) is 31.2 Å². The largest absolute Gasteiger partial charge is 0.479 e. The molecule has 1 aliphatic heterocycles. The van der Waals surface area contributed by atoms with Gasteiger partial charge in [0.15, 0.2) is 11.3 Å². The Morgan fingerprint density at radius 2 is 2.00 bits per heavy atom. The van der Waals surface area contributed by atoms with Gasteiger partial charge in [-0.15, -0.1) is 0 Å². The summed E-state index contributed by atoms with van der Waals surface area (Å²) < 4.78 is 5.29. The molecule has 138 valence electrons. The number of amidine groups is 1. The van der Waals surface area contributed by atoms with Crippen molar-refractivity contribution in [2.45, 2.75) is 20.0 Å². The fourth-order valence-electron chi connectivity index (χ4n) is 2.34. The Morgan fingerprint density at radius 3 is 2.67 bits per heavy atom. The van der Waals surface area contributed by atoms with Crippen molar-refractivity contribution in [1.82, 2.24) is 5.32 Å². The summed E-state index contributed by atoms with van der Waals surface area (Å²) in [5.41, 5.74) is 2.69. The number of thioether (sulfide) groups is 1. The fourth-order valence-corrected chi connectivity index (χ4v) is 3.19. The quantitative estimate of drug-likeness (QED) is 0.769. The van der Waals surface area contributed by atoms with Gasteiger partial charge in [0.2, 0.25) is 0 Å². The molecule has 2 aromatic rings. The van der Waals surface area contributed by atoms with Crippen LogP contribution in [0.1, 0.15) is 18.1 Å². The van der Waals surface area contributed by atoms with E-state index in [9.17, 15) is 9.59 Å². The summed E-state index contributed by atoms with van der Waals surface area (Å²) in [4.78, 5) is 28.0. The lowest BCUT2D eigenvalue weighted by molar-refractivity contribution is -0.144. The van der Waals surface area contributed by atoms with Gasteiger partial charge in [0.25, 0.3) is 5.91 Å². The predicted octanol–water partition coefficient (Wildman–Crippen LogP) is 3.74. The monoisotopic (exact) mass is 382 g/mol. The summed E-state index contributed by atoms with van der Waals surface area (Å²) >= 11 is 1.27. The Labute approximate surface area is 161 Å². The number of aliphatic imine (C=N–C) groups is 1. The molecule has 0 aromatic heterocycles. The molecule has 1 saturated heterocycles. The molecule has 1 aliphatic rings. The molecule has 7 heteroatoms. The number of hydrogen-bond donors (Lipinski definition) is 2. The van der Waals surface area contributed by atoms with Crippen LogP contribution < -0.4 is 10.1 Å². The molecule has 1 amide bonds. The Morgan fingerprint density at radius 1 is 1.26 bits per heavy atom. The zero-order valence-electron chi connectivity index (χ0n) is 14.8. The number of amides is 1. The molecule has 0 bridgehead atoms. The summed E-state index contributed by atoms with van der Waals surface area (Å²) in [6, 6.07) is 14.6. The zero-order chi connectivity index (χ0) is 19.4. The number of aliphatic carboxylic acids is 1. The van der Waals surface area contributed by atoms with Crippen LogP contribution in [0.5, 0.6) is 5.75 Å². The lowest BCUT2D eigenvalue weighted by Gasteiger charge is -2.10. The number of aryl methyl sites for hydroxylation is 1. The van der Waals surface area contributed by atoms with Crippen LogP contribution in [0.25, 0.3) is 6.08 Å². The van der Waals surface area contributed by atoms with E-state index in [-0.39, 0.29) is 5.91 Å². The van der Waals surface area contributed by atoms with Crippen LogP contribution in [-0.4, -0.2) is 28.3 Å². The molecular formula is C20H18N2O4S. The van der Waals surface area contributed by atoms with Gasteiger partial charge in [-0.2, -0.15) is 0 Å². The highest BCUT2D eigenvalue weighted by atomic mass is 32.2. The minimum absolute atomic E-state index is 0.203. The Hall–Kier alpha value is -3.06. The van der Waals surface area contributed by atoms with E-state index < -0.39 is 12.1 Å². The van der Waals surface area contributed by atoms with Crippen molar-refractivity contribution in [3.8, 4) is 5.75 Å². The lowest BCUT2D eigenvalue weighted by Crippen LogP contribution is -2.22. The van der Waals surface area contributed by atoms with Crippen molar-refractivity contribution in [2.24, 2.45) is 4.99 Å². The third-order valence-electron chi connectivity index (χ3n) is 3.72. The van der Waals surface area contributed by atoms with E-state index in [1.165, 1.54) is 18.7 Å². The van der Waals surface area contributed by atoms with Crippen LogP contribution in [0, 0.1) is 6.92 Å². The molecule has 3 rings (SSSR count). The summed E-state index contributed by atoms with van der Waals surface area (Å²) in [7, 11) is 0. The van der Waals surface area contributed by atoms with E-state index in [0.717, 1.165) is 16.8 Å². The second kappa shape index (κ2) is 8.09. The highest BCUT2D eigenvalue weighted by Crippen LogP contribution is 2.28. The van der Waals surface area contributed by atoms with Crippen LogP contribution in [-0.2, 0) is 9.59 Å². The Balaban J connectivity index is 1.72. The topological polar surface area (TPSA) is 88.0 Å². The van der Waals surface area contributed by atoms with Crippen molar-refractivity contribution in [2.75, 3.05) is 0 Å². The minimum atomic E-state index is -1.03. The maximum absolute atomic E-state index is 12.2. The number of nitrogens with zero attached hydrogens (tertiary/aromatic N) is 1. The van der Waals surface area contributed by atoms with Crippen molar-refractivity contribution in [1.29, 1.82) is 0 Å². The number of rotatable bonds is 5. The highest BCUT2D eigenvalue weighted by molar-refractivity contribution is 8.18. The molecule has 1 atom stereocenters. The third-order valence-corrected chi connectivity index (χ3v) is 4.63. The Bertz CT molecular complexity index is 935. The first kappa shape index (κ1) is 18.7.